The number of carbonyl (C=O) groups is 1. The highest BCUT2D eigenvalue weighted by molar-refractivity contribution is 5.93. The highest BCUT2D eigenvalue weighted by Crippen LogP contribution is 2.34. The lowest BCUT2D eigenvalue weighted by Gasteiger charge is -2.41. The number of amides is 1. The van der Waals surface area contributed by atoms with Crippen molar-refractivity contribution in [2.24, 2.45) is 5.92 Å². The van der Waals surface area contributed by atoms with Crippen molar-refractivity contribution < 1.29 is 9.18 Å². The van der Waals surface area contributed by atoms with Gasteiger partial charge in [0, 0.05) is 12.2 Å². The molecule has 0 spiro atoms. The van der Waals surface area contributed by atoms with Crippen LogP contribution in [0, 0.1) is 11.7 Å². The van der Waals surface area contributed by atoms with Gasteiger partial charge in [-0.05, 0) is 42.5 Å². The van der Waals surface area contributed by atoms with Gasteiger partial charge in [0.25, 0.3) is 5.91 Å². The summed E-state index contributed by atoms with van der Waals surface area (Å²) in [6.45, 7) is 4.82. The maximum atomic E-state index is 13.1. The third kappa shape index (κ3) is 3.37. The molecule has 2 aromatic rings. The second-order valence-electron chi connectivity index (χ2n) is 6.56. The number of anilines is 1. The Bertz CT molecular complexity index is 745. The van der Waals surface area contributed by atoms with E-state index >= 15 is 0 Å². The van der Waals surface area contributed by atoms with Crippen LogP contribution < -0.4 is 5.73 Å². The summed E-state index contributed by atoms with van der Waals surface area (Å²) in [5.74, 6) is 0.0983. The molecule has 1 amide bonds. The monoisotopic (exact) mass is 328 g/mol. The maximum Gasteiger partial charge on any atom is 0.273 e. The lowest BCUT2D eigenvalue weighted by molar-refractivity contribution is 0.0454. The molecule has 3 rings (SSSR count). The van der Waals surface area contributed by atoms with Gasteiger partial charge in [0.1, 0.15) is 11.5 Å². The van der Waals surface area contributed by atoms with E-state index in [0.717, 1.165) is 24.1 Å². The fraction of sp³-hybridized carbons (Fsp3) is 0.389. The summed E-state index contributed by atoms with van der Waals surface area (Å²) in [6, 6.07) is 7.96. The van der Waals surface area contributed by atoms with Gasteiger partial charge in [0.15, 0.2) is 0 Å². The number of aromatic nitrogens is 2. The molecule has 0 radical (unpaired) electrons. The number of hydrogen-bond donors (Lipinski definition) is 1. The van der Waals surface area contributed by atoms with E-state index in [-0.39, 0.29) is 23.7 Å². The van der Waals surface area contributed by atoms with Gasteiger partial charge in [-0.15, -0.1) is 0 Å². The van der Waals surface area contributed by atoms with Crippen LogP contribution in [0.3, 0.4) is 0 Å². The van der Waals surface area contributed by atoms with Crippen LogP contribution in [-0.4, -0.2) is 27.3 Å². The first-order valence-corrected chi connectivity index (χ1v) is 8.14. The molecule has 0 bridgehead atoms. The van der Waals surface area contributed by atoms with Crippen molar-refractivity contribution in [3.63, 3.8) is 0 Å². The van der Waals surface area contributed by atoms with Crippen molar-refractivity contribution >= 4 is 11.9 Å². The number of rotatable bonds is 4. The third-order valence-corrected chi connectivity index (χ3v) is 4.17. The van der Waals surface area contributed by atoms with Gasteiger partial charge in [-0.1, -0.05) is 26.0 Å². The lowest BCUT2D eigenvalue weighted by atomic mass is 9.94. The minimum absolute atomic E-state index is 0.0390. The smallest absolute Gasteiger partial charge is 0.273 e. The molecule has 2 heterocycles. The summed E-state index contributed by atoms with van der Waals surface area (Å²) < 4.78 is 13.1. The summed E-state index contributed by atoms with van der Waals surface area (Å²) in [6.07, 6.45) is 1.60. The Morgan fingerprint density at radius 2 is 2.04 bits per heavy atom. The number of nitrogens with two attached hydrogens (primary N) is 1. The summed E-state index contributed by atoms with van der Waals surface area (Å²) in [5.41, 5.74) is 7.79. The lowest BCUT2D eigenvalue weighted by Crippen LogP contribution is -2.45. The quantitative estimate of drug-likeness (QED) is 0.936. The van der Waals surface area contributed by atoms with Crippen molar-refractivity contribution in [1.82, 2.24) is 14.9 Å². The molecule has 24 heavy (non-hydrogen) atoms. The first kappa shape index (κ1) is 16.4. The number of hydrogen-bond acceptors (Lipinski definition) is 4. The van der Waals surface area contributed by atoms with E-state index in [9.17, 15) is 9.18 Å². The zero-order valence-electron chi connectivity index (χ0n) is 13.9. The van der Waals surface area contributed by atoms with Crippen molar-refractivity contribution in [3.05, 3.63) is 53.1 Å². The molecule has 1 aliphatic rings. The molecule has 126 valence electrons. The summed E-state index contributed by atoms with van der Waals surface area (Å²) in [4.78, 5) is 22.8. The first-order valence-electron chi connectivity index (χ1n) is 8.14. The summed E-state index contributed by atoms with van der Waals surface area (Å²) in [5, 5.41) is 0. The molecule has 0 saturated carbocycles. The average Bonchev–Trinajstić information content (AvgIpc) is 2.47. The zero-order chi connectivity index (χ0) is 17.3. The van der Waals surface area contributed by atoms with Crippen LogP contribution in [0.25, 0.3) is 0 Å². The predicted molar refractivity (Wildman–Crippen MR) is 89.8 cm³/mol. The largest absolute Gasteiger partial charge is 0.368 e. The molecule has 1 fully saturated rings. The molecule has 5 nitrogen and oxygen atoms in total. The van der Waals surface area contributed by atoms with Gasteiger partial charge in [-0.3, -0.25) is 4.79 Å². The molecule has 6 heteroatoms. The molecule has 1 atom stereocenters. The minimum atomic E-state index is -0.280. The molecule has 1 aromatic heterocycles. The Labute approximate surface area is 140 Å². The van der Waals surface area contributed by atoms with Crippen molar-refractivity contribution in [1.29, 1.82) is 0 Å². The molecule has 0 aliphatic carbocycles. The van der Waals surface area contributed by atoms with Gasteiger partial charge >= 0.3 is 0 Å². The van der Waals surface area contributed by atoms with Crippen LogP contribution in [0.4, 0.5) is 10.3 Å². The van der Waals surface area contributed by atoms with Gasteiger partial charge < -0.3 is 10.6 Å². The second kappa shape index (κ2) is 6.55. The third-order valence-electron chi connectivity index (χ3n) is 4.17. The summed E-state index contributed by atoms with van der Waals surface area (Å²) in [7, 11) is 0. The van der Waals surface area contributed by atoms with E-state index in [1.54, 1.807) is 23.1 Å². The van der Waals surface area contributed by atoms with Crippen molar-refractivity contribution in [3.8, 4) is 0 Å². The number of benzene rings is 1. The van der Waals surface area contributed by atoms with Crippen molar-refractivity contribution in [2.75, 3.05) is 12.3 Å². The highest BCUT2D eigenvalue weighted by atomic mass is 19.1. The zero-order valence-corrected chi connectivity index (χ0v) is 13.9. The van der Waals surface area contributed by atoms with Gasteiger partial charge in [-0.2, -0.15) is 0 Å². The molecule has 1 aromatic carbocycles. The molecular formula is C18H21FN4O. The van der Waals surface area contributed by atoms with Crippen LogP contribution in [0.15, 0.2) is 30.3 Å². The number of halogens is 1. The second-order valence-corrected chi connectivity index (χ2v) is 6.56. The van der Waals surface area contributed by atoms with Crippen LogP contribution >= 0.6 is 0 Å². The van der Waals surface area contributed by atoms with Crippen LogP contribution in [0.1, 0.15) is 48.1 Å². The Morgan fingerprint density at radius 3 is 2.62 bits per heavy atom. The van der Waals surface area contributed by atoms with Gasteiger partial charge in [0.2, 0.25) is 5.95 Å². The minimum Gasteiger partial charge on any atom is -0.368 e. The molecule has 2 N–H and O–H groups in total. The number of carbonyl (C=O) groups excluding carboxylic acids is 1. The molecule has 1 unspecified atom stereocenters. The number of likely N-dealkylation sites (tertiary alicyclic amines) is 1. The first-order chi connectivity index (χ1) is 11.4. The Hall–Kier alpha value is -2.50. The van der Waals surface area contributed by atoms with E-state index in [0.29, 0.717) is 18.2 Å². The summed E-state index contributed by atoms with van der Waals surface area (Å²) >= 11 is 0. The fourth-order valence-corrected chi connectivity index (χ4v) is 2.96. The normalized spacial score (nSPS) is 17.0. The highest BCUT2D eigenvalue weighted by Gasteiger charge is 2.34. The van der Waals surface area contributed by atoms with Crippen LogP contribution in [0.2, 0.25) is 0 Å². The number of nitrogen functional groups attached to an aromatic ring is 1. The Kier molecular flexibility index (Phi) is 4.46. The molecule has 1 saturated heterocycles. The standard InChI is InChI=1S/C18H21FN4O/c1-11(2)9-14-10-15(22-18(20)21-14)17(24)23-8-7-16(23)12-3-5-13(19)6-4-12/h3-6,10-11,16H,7-9H2,1-2H3,(H2,20,21,22). The van der Waals surface area contributed by atoms with Crippen LogP contribution in [0.5, 0.6) is 0 Å². The molecular weight excluding hydrogens is 307 g/mol. The van der Waals surface area contributed by atoms with E-state index < -0.39 is 0 Å². The van der Waals surface area contributed by atoms with Gasteiger partial charge in [0.05, 0.1) is 6.04 Å². The van der Waals surface area contributed by atoms with E-state index in [1.807, 2.05) is 0 Å². The fourth-order valence-electron chi connectivity index (χ4n) is 2.96. The van der Waals surface area contributed by atoms with E-state index in [4.69, 9.17) is 5.73 Å². The van der Waals surface area contributed by atoms with E-state index in [2.05, 4.69) is 23.8 Å². The maximum absolute atomic E-state index is 13.1. The SMILES string of the molecule is CC(C)Cc1cc(C(=O)N2CCC2c2ccc(F)cc2)nc(N)n1. The Morgan fingerprint density at radius 1 is 1.33 bits per heavy atom. The topological polar surface area (TPSA) is 72.1 Å². The van der Waals surface area contributed by atoms with Gasteiger partial charge in [-0.25, -0.2) is 14.4 Å². The molecule has 1 aliphatic heterocycles. The van der Waals surface area contributed by atoms with Crippen LogP contribution in [-0.2, 0) is 6.42 Å². The average molecular weight is 328 g/mol. The predicted octanol–water partition coefficient (Wildman–Crippen LogP) is 2.98. The van der Waals surface area contributed by atoms with Crippen molar-refractivity contribution in [2.45, 2.75) is 32.7 Å². The Balaban J connectivity index is 1.81. The van der Waals surface area contributed by atoms with E-state index in [1.165, 1.54) is 12.1 Å². The number of nitrogens with zero attached hydrogens (tertiary/aromatic N) is 3.